The van der Waals surface area contributed by atoms with Gasteiger partial charge in [0.25, 0.3) is 0 Å². The lowest BCUT2D eigenvalue weighted by molar-refractivity contribution is 0.234. The topological polar surface area (TPSA) is 49.4 Å². The maximum atomic E-state index is 12.3. The molecule has 20 heavy (non-hydrogen) atoms. The number of nitrogens with zero attached hydrogens (tertiary/aromatic N) is 1. The van der Waals surface area contributed by atoms with Crippen molar-refractivity contribution in [3.8, 4) is 0 Å². The third-order valence-electron chi connectivity index (χ3n) is 2.78. The number of nitrogens with one attached hydrogen (secondary N) is 1. The van der Waals surface area contributed by atoms with Crippen molar-refractivity contribution in [1.82, 2.24) is 4.90 Å². The minimum atomic E-state index is -4.50. The average molecular weight is 306 g/mol. The number of halogens is 2. The molecular formula is C13H20F2N2O2S. The highest BCUT2D eigenvalue weighted by Gasteiger charge is 2.26. The van der Waals surface area contributed by atoms with Gasteiger partial charge in [0.15, 0.2) is 0 Å². The van der Waals surface area contributed by atoms with Crippen molar-refractivity contribution in [2.75, 3.05) is 32.5 Å². The predicted octanol–water partition coefficient (Wildman–Crippen LogP) is 2.44. The van der Waals surface area contributed by atoms with Crippen LogP contribution in [0.15, 0.2) is 29.2 Å². The Bertz CT molecular complexity index is 502. The first kappa shape index (κ1) is 16.8. The summed E-state index contributed by atoms with van der Waals surface area (Å²) >= 11 is 0. The zero-order chi connectivity index (χ0) is 15.2. The predicted molar refractivity (Wildman–Crippen MR) is 75.9 cm³/mol. The van der Waals surface area contributed by atoms with Crippen LogP contribution in [0.2, 0.25) is 0 Å². The average Bonchev–Trinajstić information content (AvgIpc) is 2.38. The fourth-order valence-electron chi connectivity index (χ4n) is 1.65. The molecule has 114 valence electrons. The molecule has 1 aromatic rings. The Balaban J connectivity index is 2.48. The molecule has 0 aliphatic carbocycles. The van der Waals surface area contributed by atoms with Gasteiger partial charge in [0.1, 0.15) is 0 Å². The number of hydrogen-bond acceptors (Lipinski definition) is 4. The maximum Gasteiger partial charge on any atom is 0.341 e. The number of rotatable bonds is 8. The van der Waals surface area contributed by atoms with Crippen molar-refractivity contribution >= 4 is 15.5 Å². The van der Waals surface area contributed by atoms with Gasteiger partial charge in [-0.2, -0.15) is 8.78 Å². The summed E-state index contributed by atoms with van der Waals surface area (Å²) in [5.74, 6) is -3.38. The van der Waals surface area contributed by atoms with E-state index in [1.165, 1.54) is 24.3 Å². The molecule has 1 N–H and O–H groups in total. The van der Waals surface area contributed by atoms with Crippen molar-refractivity contribution in [2.45, 2.75) is 23.5 Å². The van der Waals surface area contributed by atoms with E-state index in [0.717, 1.165) is 31.6 Å². The van der Waals surface area contributed by atoms with Crippen LogP contribution in [0.1, 0.15) is 12.8 Å². The molecule has 0 bridgehead atoms. The van der Waals surface area contributed by atoms with Gasteiger partial charge in [-0.1, -0.05) is 0 Å². The molecule has 0 aliphatic rings. The summed E-state index contributed by atoms with van der Waals surface area (Å²) in [4.78, 5) is 1.75. The molecule has 0 aliphatic heterocycles. The van der Waals surface area contributed by atoms with E-state index < -0.39 is 15.6 Å². The lowest BCUT2D eigenvalue weighted by Crippen LogP contribution is -2.14. The highest BCUT2D eigenvalue weighted by atomic mass is 32.2. The molecule has 4 nitrogen and oxygen atoms in total. The molecule has 7 heteroatoms. The summed E-state index contributed by atoms with van der Waals surface area (Å²) < 4.78 is 47.2. The van der Waals surface area contributed by atoms with Gasteiger partial charge in [0.2, 0.25) is 9.84 Å². The molecular weight excluding hydrogens is 286 g/mol. The van der Waals surface area contributed by atoms with Gasteiger partial charge >= 0.3 is 5.76 Å². The van der Waals surface area contributed by atoms with E-state index in [1.54, 1.807) is 0 Å². The summed E-state index contributed by atoms with van der Waals surface area (Å²) in [6.07, 6.45) is 2.03. The minimum Gasteiger partial charge on any atom is -0.385 e. The van der Waals surface area contributed by atoms with Gasteiger partial charge in [0, 0.05) is 12.2 Å². The highest BCUT2D eigenvalue weighted by molar-refractivity contribution is 7.91. The molecule has 0 fully saturated rings. The molecule has 0 aromatic heterocycles. The van der Waals surface area contributed by atoms with Gasteiger partial charge in [-0.05, 0) is 57.7 Å². The van der Waals surface area contributed by atoms with Crippen LogP contribution in [0.25, 0.3) is 0 Å². The Morgan fingerprint density at radius 1 is 1.15 bits per heavy atom. The third-order valence-corrected chi connectivity index (χ3v) is 4.18. The number of alkyl halides is 2. The van der Waals surface area contributed by atoms with E-state index in [1.807, 2.05) is 14.1 Å². The Labute approximate surface area is 118 Å². The fraction of sp³-hybridized carbons (Fsp3) is 0.538. The molecule has 0 spiro atoms. The number of benzene rings is 1. The lowest BCUT2D eigenvalue weighted by Gasteiger charge is -2.10. The maximum absolute atomic E-state index is 12.3. The van der Waals surface area contributed by atoms with Crippen LogP contribution >= 0.6 is 0 Å². The SMILES string of the molecule is CN(C)CCCCNc1ccc(S(=O)(=O)C(F)F)cc1. The molecule has 0 radical (unpaired) electrons. The van der Waals surface area contributed by atoms with Crippen molar-refractivity contribution in [3.05, 3.63) is 24.3 Å². The third kappa shape index (κ3) is 5.05. The standard InChI is InChI=1S/C13H20F2N2O2S/c1-17(2)10-4-3-9-16-11-5-7-12(8-6-11)20(18,19)13(14)15/h5-8,13,16H,3-4,9-10H2,1-2H3. The van der Waals surface area contributed by atoms with E-state index in [9.17, 15) is 17.2 Å². The van der Waals surface area contributed by atoms with Crippen LogP contribution in [0.5, 0.6) is 0 Å². The van der Waals surface area contributed by atoms with Crippen LogP contribution in [0.4, 0.5) is 14.5 Å². The quantitative estimate of drug-likeness (QED) is 0.750. The molecule has 1 aromatic carbocycles. The van der Waals surface area contributed by atoms with Crippen molar-refractivity contribution < 1.29 is 17.2 Å². The highest BCUT2D eigenvalue weighted by Crippen LogP contribution is 2.20. The number of unbranched alkanes of at least 4 members (excludes halogenated alkanes) is 1. The lowest BCUT2D eigenvalue weighted by atomic mass is 10.2. The smallest absolute Gasteiger partial charge is 0.341 e. The van der Waals surface area contributed by atoms with E-state index in [4.69, 9.17) is 0 Å². The van der Waals surface area contributed by atoms with Crippen molar-refractivity contribution in [1.29, 1.82) is 0 Å². The number of sulfone groups is 1. The Hall–Kier alpha value is -1.21. The number of hydrogen-bond donors (Lipinski definition) is 1. The van der Waals surface area contributed by atoms with E-state index in [0.29, 0.717) is 0 Å². The van der Waals surface area contributed by atoms with E-state index in [-0.39, 0.29) is 4.90 Å². The number of anilines is 1. The zero-order valence-corrected chi connectivity index (χ0v) is 12.5. The second-order valence-corrected chi connectivity index (χ2v) is 6.68. The molecule has 0 amide bonds. The van der Waals surface area contributed by atoms with Crippen LogP contribution in [-0.2, 0) is 9.84 Å². The molecule has 0 saturated carbocycles. The van der Waals surface area contributed by atoms with E-state index >= 15 is 0 Å². The summed E-state index contributed by atoms with van der Waals surface area (Å²) in [5.41, 5.74) is 0.725. The molecule has 0 heterocycles. The largest absolute Gasteiger partial charge is 0.385 e. The summed E-state index contributed by atoms with van der Waals surface area (Å²) in [5, 5.41) is 3.13. The first-order valence-electron chi connectivity index (χ1n) is 6.35. The Kier molecular flexibility index (Phi) is 6.35. The second-order valence-electron chi connectivity index (χ2n) is 4.77. The van der Waals surface area contributed by atoms with Crippen LogP contribution in [-0.4, -0.2) is 46.3 Å². The minimum absolute atomic E-state index is 0.356. The first-order chi connectivity index (χ1) is 9.34. The molecule has 0 unspecified atom stereocenters. The molecule has 1 rings (SSSR count). The zero-order valence-electron chi connectivity index (χ0n) is 11.6. The van der Waals surface area contributed by atoms with E-state index in [2.05, 4.69) is 10.2 Å². The second kappa shape index (κ2) is 7.54. The summed E-state index contributed by atoms with van der Waals surface area (Å²) in [6.45, 7) is 1.77. The van der Waals surface area contributed by atoms with Crippen LogP contribution in [0, 0.1) is 0 Å². The van der Waals surface area contributed by atoms with Gasteiger partial charge < -0.3 is 10.2 Å². The van der Waals surface area contributed by atoms with Crippen LogP contribution < -0.4 is 5.32 Å². The molecule has 0 saturated heterocycles. The fourth-order valence-corrected chi connectivity index (χ4v) is 2.37. The Morgan fingerprint density at radius 2 is 1.75 bits per heavy atom. The van der Waals surface area contributed by atoms with Gasteiger partial charge in [-0.25, -0.2) is 8.42 Å². The first-order valence-corrected chi connectivity index (χ1v) is 7.89. The van der Waals surface area contributed by atoms with Gasteiger partial charge in [0.05, 0.1) is 4.90 Å². The summed E-state index contributed by atoms with van der Waals surface area (Å²) in [7, 11) is -0.480. The normalized spacial score (nSPS) is 12.1. The monoisotopic (exact) mass is 306 g/mol. The molecule has 0 atom stereocenters. The van der Waals surface area contributed by atoms with Crippen molar-refractivity contribution in [3.63, 3.8) is 0 Å². The Morgan fingerprint density at radius 3 is 2.25 bits per heavy atom. The summed E-state index contributed by atoms with van der Waals surface area (Å²) in [6, 6.07) is 5.40. The van der Waals surface area contributed by atoms with Gasteiger partial charge in [-0.15, -0.1) is 0 Å². The van der Waals surface area contributed by atoms with Crippen LogP contribution in [0.3, 0.4) is 0 Å². The van der Waals surface area contributed by atoms with Gasteiger partial charge in [-0.3, -0.25) is 0 Å². The van der Waals surface area contributed by atoms with Crippen molar-refractivity contribution in [2.24, 2.45) is 0 Å².